The van der Waals surface area contributed by atoms with Crippen molar-refractivity contribution in [3.05, 3.63) is 30.1 Å². The van der Waals surface area contributed by atoms with Crippen LogP contribution in [0.4, 0.5) is 10.1 Å². The quantitative estimate of drug-likeness (QED) is 0.886. The minimum atomic E-state index is -0.389. The van der Waals surface area contributed by atoms with E-state index in [1.54, 1.807) is 18.2 Å². The van der Waals surface area contributed by atoms with Gasteiger partial charge in [-0.15, -0.1) is 0 Å². The number of benzene rings is 1. The predicted octanol–water partition coefficient (Wildman–Crippen LogP) is 3.03. The maximum atomic E-state index is 13.4. The first kappa shape index (κ1) is 14.0. The molecule has 1 aliphatic carbocycles. The molecule has 0 bridgehead atoms. The molecule has 0 aromatic heterocycles. The zero-order chi connectivity index (χ0) is 13.7. The van der Waals surface area contributed by atoms with Crippen LogP contribution in [0.25, 0.3) is 0 Å². The van der Waals surface area contributed by atoms with Gasteiger partial charge in [-0.2, -0.15) is 0 Å². The lowest BCUT2D eigenvalue weighted by atomic mass is 10.2. The molecule has 19 heavy (non-hydrogen) atoms. The standard InChI is InChI=1S/C15H21FN2O/c1-2-18(12-7-3-4-8-12)11-15(19)17-14-10-6-5-9-13(14)16/h5-6,9-10,12H,2-4,7-8,11H2,1H3,(H,17,19). The van der Waals surface area contributed by atoms with Crippen molar-refractivity contribution in [3.63, 3.8) is 0 Å². The van der Waals surface area contributed by atoms with Gasteiger partial charge in [0.1, 0.15) is 5.82 Å². The van der Waals surface area contributed by atoms with E-state index >= 15 is 0 Å². The van der Waals surface area contributed by atoms with E-state index in [-0.39, 0.29) is 17.4 Å². The van der Waals surface area contributed by atoms with Crippen LogP contribution >= 0.6 is 0 Å². The summed E-state index contributed by atoms with van der Waals surface area (Å²) in [4.78, 5) is 14.2. The first-order valence-corrected chi connectivity index (χ1v) is 6.99. The Labute approximate surface area is 113 Å². The highest BCUT2D eigenvalue weighted by Crippen LogP contribution is 2.23. The molecule has 0 radical (unpaired) electrons. The highest BCUT2D eigenvalue weighted by molar-refractivity contribution is 5.92. The van der Waals surface area contributed by atoms with Crippen LogP contribution in [0.2, 0.25) is 0 Å². The fourth-order valence-electron chi connectivity index (χ4n) is 2.71. The molecule has 104 valence electrons. The van der Waals surface area contributed by atoms with Crippen molar-refractivity contribution in [2.45, 2.75) is 38.6 Å². The average Bonchev–Trinajstić information content (AvgIpc) is 2.92. The van der Waals surface area contributed by atoms with Gasteiger partial charge in [-0.05, 0) is 31.5 Å². The summed E-state index contributed by atoms with van der Waals surface area (Å²) in [5.74, 6) is -0.529. The van der Waals surface area contributed by atoms with Crippen LogP contribution < -0.4 is 5.32 Å². The molecule has 1 amide bonds. The van der Waals surface area contributed by atoms with Crippen LogP contribution in [0.3, 0.4) is 0 Å². The monoisotopic (exact) mass is 264 g/mol. The molecule has 0 heterocycles. The molecule has 0 aliphatic heterocycles. The van der Waals surface area contributed by atoms with Gasteiger partial charge in [0.25, 0.3) is 0 Å². The molecule has 1 saturated carbocycles. The topological polar surface area (TPSA) is 32.3 Å². The number of hydrogen-bond acceptors (Lipinski definition) is 2. The molecule has 4 heteroatoms. The molecular weight excluding hydrogens is 243 g/mol. The summed E-state index contributed by atoms with van der Waals surface area (Å²) in [5.41, 5.74) is 0.259. The van der Waals surface area contributed by atoms with Gasteiger partial charge in [0.05, 0.1) is 12.2 Å². The lowest BCUT2D eigenvalue weighted by Gasteiger charge is -2.26. The number of carbonyl (C=O) groups excluding carboxylic acids is 1. The lowest BCUT2D eigenvalue weighted by molar-refractivity contribution is -0.117. The SMILES string of the molecule is CCN(CC(=O)Nc1ccccc1F)C1CCCC1. The van der Waals surface area contributed by atoms with Crippen LogP contribution in [0.1, 0.15) is 32.6 Å². The van der Waals surface area contributed by atoms with Gasteiger partial charge in [-0.1, -0.05) is 31.9 Å². The minimum absolute atomic E-state index is 0.140. The van der Waals surface area contributed by atoms with Crippen molar-refractivity contribution in [1.29, 1.82) is 0 Å². The Balaban J connectivity index is 1.91. The largest absolute Gasteiger partial charge is 0.322 e. The summed E-state index contributed by atoms with van der Waals surface area (Å²) in [6.07, 6.45) is 4.83. The molecule has 3 nitrogen and oxygen atoms in total. The molecule has 2 rings (SSSR count). The van der Waals surface area contributed by atoms with E-state index in [1.807, 2.05) is 0 Å². The van der Waals surface area contributed by atoms with E-state index in [0.29, 0.717) is 12.6 Å². The number of nitrogens with zero attached hydrogens (tertiary/aromatic N) is 1. The summed E-state index contributed by atoms with van der Waals surface area (Å²) in [6.45, 7) is 3.26. The van der Waals surface area contributed by atoms with E-state index in [2.05, 4.69) is 17.1 Å². The number of para-hydroxylation sites is 1. The second kappa shape index (κ2) is 6.66. The number of hydrogen-bond donors (Lipinski definition) is 1. The number of carbonyl (C=O) groups is 1. The van der Waals surface area contributed by atoms with E-state index in [4.69, 9.17) is 0 Å². The van der Waals surface area contributed by atoms with Crippen molar-refractivity contribution in [1.82, 2.24) is 4.90 Å². The summed E-state index contributed by atoms with van der Waals surface area (Å²) in [7, 11) is 0. The Kier molecular flexibility index (Phi) is 4.91. The lowest BCUT2D eigenvalue weighted by Crippen LogP contribution is -2.39. The molecular formula is C15H21FN2O. The van der Waals surface area contributed by atoms with E-state index in [1.165, 1.54) is 31.7 Å². The molecule has 0 unspecified atom stereocenters. The molecule has 1 aromatic rings. The Morgan fingerprint density at radius 1 is 1.37 bits per heavy atom. The number of amides is 1. The fraction of sp³-hybridized carbons (Fsp3) is 0.533. The maximum absolute atomic E-state index is 13.4. The van der Waals surface area contributed by atoms with Crippen molar-refractivity contribution in [3.8, 4) is 0 Å². The van der Waals surface area contributed by atoms with Crippen LogP contribution in [-0.2, 0) is 4.79 Å². The third-order valence-electron chi connectivity index (χ3n) is 3.74. The summed E-state index contributed by atoms with van der Waals surface area (Å²) in [5, 5.41) is 2.64. The van der Waals surface area contributed by atoms with Crippen molar-refractivity contribution >= 4 is 11.6 Å². The van der Waals surface area contributed by atoms with Crippen LogP contribution in [-0.4, -0.2) is 29.9 Å². The summed E-state index contributed by atoms with van der Waals surface area (Å²) in [6, 6.07) is 6.77. The average molecular weight is 264 g/mol. The summed E-state index contributed by atoms with van der Waals surface area (Å²) < 4.78 is 13.4. The van der Waals surface area contributed by atoms with Gasteiger partial charge < -0.3 is 5.32 Å². The molecule has 0 saturated heterocycles. The van der Waals surface area contributed by atoms with Gasteiger partial charge in [0, 0.05) is 6.04 Å². The predicted molar refractivity (Wildman–Crippen MR) is 74.5 cm³/mol. The summed E-state index contributed by atoms with van der Waals surface area (Å²) >= 11 is 0. The Morgan fingerprint density at radius 2 is 2.05 bits per heavy atom. The molecule has 1 aliphatic rings. The Bertz CT molecular complexity index is 430. The number of nitrogens with one attached hydrogen (secondary N) is 1. The minimum Gasteiger partial charge on any atom is -0.322 e. The number of likely N-dealkylation sites (N-methyl/N-ethyl adjacent to an activating group) is 1. The first-order chi connectivity index (χ1) is 9.20. The number of rotatable bonds is 5. The number of halogens is 1. The van der Waals surface area contributed by atoms with Crippen LogP contribution in [0.5, 0.6) is 0 Å². The van der Waals surface area contributed by atoms with Crippen molar-refractivity contribution in [2.75, 3.05) is 18.4 Å². The normalized spacial score (nSPS) is 15.9. The zero-order valence-corrected chi connectivity index (χ0v) is 11.4. The van der Waals surface area contributed by atoms with Gasteiger partial charge in [0.15, 0.2) is 0 Å². The van der Waals surface area contributed by atoms with Crippen LogP contribution in [0.15, 0.2) is 24.3 Å². The smallest absolute Gasteiger partial charge is 0.238 e. The van der Waals surface area contributed by atoms with E-state index in [0.717, 1.165) is 6.54 Å². The van der Waals surface area contributed by atoms with Crippen LogP contribution in [0, 0.1) is 5.82 Å². The zero-order valence-electron chi connectivity index (χ0n) is 11.4. The van der Waals surface area contributed by atoms with Gasteiger partial charge in [-0.25, -0.2) is 4.39 Å². The van der Waals surface area contributed by atoms with E-state index < -0.39 is 0 Å². The highest BCUT2D eigenvalue weighted by Gasteiger charge is 2.23. The van der Waals surface area contributed by atoms with Gasteiger partial charge in [0.2, 0.25) is 5.91 Å². The third-order valence-corrected chi connectivity index (χ3v) is 3.74. The highest BCUT2D eigenvalue weighted by atomic mass is 19.1. The molecule has 1 aromatic carbocycles. The molecule has 0 spiro atoms. The molecule has 0 atom stereocenters. The third kappa shape index (κ3) is 3.77. The van der Waals surface area contributed by atoms with Crippen molar-refractivity contribution in [2.24, 2.45) is 0 Å². The fourth-order valence-corrected chi connectivity index (χ4v) is 2.71. The first-order valence-electron chi connectivity index (χ1n) is 6.99. The van der Waals surface area contributed by atoms with Gasteiger partial charge in [-0.3, -0.25) is 9.69 Å². The number of anilines is 1. The second-order valence-corrected chi connectivity index (χ2v) is 5.03. The second-order valence-electron chi connectivity index (χ2n) is 5.03. The molecule has 1 N–H and O–H groups in total. The Morgan fingerprint density at radius 3 is 2.68 bits per heavy atom. The van der Waals surface area contributed by atoms with Crippen molar-refractivity contribution < 1.29 is 9.18 Å². The van der Waals surface area contributed by atoms with E-state index in [9.17, 15) is 9.18 Å². The maximum Gasteiger partial charge on any atom is 0.238 e. The Hall–Kier alpha value is -1.42. The van der Waals surface area contributed by atoms with Gasteiger partial charge >= 0.3 is 0 Å². The molecule has 1 fully saturated rings.